The molecule has 0 spiro atoms. The summed E-state index contributed by atoms with van der Waals surface area (Å²) in [6, 6.07) is 6.62. The van der Waals surface area contributed by atoms with E-state index in [4.69, 9.17) is 11.6 Å². The predicted octanol–water partition coefficient (Wildman–Crippen LogP) is 4.46. The Morgan fingerprint density at radius 2 is 2.00 bits per heavy atom. The van der Waals surface area contributed by atoms with Gasteiger partial charge in [0.25, 0.3) is 0 Å². The first-order chi connectivity index (χ1) is 8.89. The van der Waals surface area contributed by atoms with Crippen molar-refractivity contribution < 1.29 is 13.6 Å². The predicted molar refractivity (Wildman–Crippen MR) is 73.9 cm³/mol. The Labute approximate surface area is 125 Å². The van der Waals surface area contributed by atoms with Gasteiger partial charge in [-0.3, -0.25) is 4.79 Å². The molecule has 100 valence electrons. The summed E-state index contributed by atoms with van der Waals surface area (Å²) in [6.45, 7) is 0. The van der Waals surface area contributed by atoms with Crippen LogP contribution in [0.4, 0.5) is 8.78 Å². The third kappa shape index (κ3) is 3.38. The van der Waals surface area contributed by atoms with Gasteiger partial charge in [0, 0.05) is 16.3 Å². The van der Waals surface area contributed by atoms with Crippen LogP contribution in [-0.2, 0) is 17.1 Å². The molecule has 0 radical (unpaired) electrons. The lowest BCUT2D eigenvalue weighted by molar-refractivity contribution is -0.144. The summed E-state index contributed by atoms with van der Waals surface area (Å²) in [5, 5.41) is 1.10. The van der Waals surface area contributed by atoms with Crippen molar-refractivity contribution in [1.29, 1.82) is 0 Å². The van der Waals surface area contributed by atoms with Gasteiger partial charge in [0.05, 0.1) is 0 Å². The molecule has 0 fully saturated rings. The van der Waals surface area contributed by atoms with Crippen LogP contribution in [0.3, 0.4) is 0 Å². The molecule has 0 aliphatic heterocycles. The fourth-order valence-corrected chi connectivity index (χ4v) is 2.49. The summed E-state index contributed by atoms with van der Waals surface area (Å²) in [5.74, 6) is -4.81. The quantitative estimate of drug-likeness (QED) is 0.799. The number of rotatable bonds is 4. The molecule has 0 aliphatic rings. The molecule has 2 aromatic rings. The van der Waals surface area contributed by atoms with Crippen LogP contribution in [0.2, 0.25) is 4.47 Å². The Morgan fingerprint density at radius 1 is 1.37 bits per heavy atom. The smallest absolute Gasteiger partial charge is 0.292 e. The van der Waals surface area contributed by atoms with E-state index in [1.807, 2.05) is 0 Å². The Bertz CT molecular complexity index is 600. The highest BCUT2D eigenvalue weighted by atomic mass is 79.9. The van der Waals surface area contributed by atoms with E-state index in [1.165, 1.54) is 0 Å². The highest BCUT2D eigenvalue weighted by molar-refractivity contribution is 9.10. The summed E-state index contributed by atoms with van der Waals surface area (Å²) in [7, 11) is 0. The Morgan fingerprint density at radius 3 is 2.53 bits per heavy atom. The van der Waals surface area contributed by atoms with Crippen molar-refractivity contribution in [1.82, 2.24) is 4.98 Å². The highest BCUT2D eigenvalue weighted by Crippen LogP contribution is 2.32. The molecule has 0 bridgehead atoms. The van der Waals surface area contributed by atoms with Gasteiger partial charge in [-0.1, -0.05) is 39.7 Å². The van der Waals surface area contributed by atoms with Crippen LogP contribution in [0.1, 0.15) is 11.3 Å². The lowest BCUT2D eigenvalue weighted by Gasteiger charge is -2.12. The number of hydrogen-bond acceptors (Lipinski definition) is 3. The van der Waals surface area contributed by atoms with Crippen LogP contribution in [0, 0.1) is 0 Å². The van der Waals surface area contributed by atoms with E-state index >= 15 is 0 Å². The van der Waals surface area contributed by atoms with Gasteiger partial charge < -0.3 is 0 Å². The third-order valence-corrected chi connectivity index (χ3v) is 3.93. The van der Waals surface area contributed by atoms with E-state index in [2.05, 4.69) is 20.9 Å². The molecular formula is C12H7BrClF2NOS. The second-order valence-corrected chi connectivity index (χ2v) is 6.14. The zero-order valence-electron chi connectivity index (χ0n) is 9.37. The van der Waals surface area contributed by atoms with Crippen molar-refractivity contribution in [3.05, 3.63) is 49.8 Å². The summed E-state index contributed by atoms with van der Waals surface area (Å²) >= 11 is 9.61. The number of halogens is 4. The number of hydrogen-bond donors (Lipinski definition) is 0. The van der Waals surface area contributed by atoms with E-state index < -0.39 is 17.4 Å². The van der Waals surface area contributed by atoms with E-state index in [1.54, 1.807) is 24.3 Å². The molecule has 0 amide bonds. The molecule has 0 saturated carbocycles. The van der Waals surface area contributed by atoms with Gasteiger partial charge in [0.15, 0.2) is 4.47 Å². The van der Waals surface area contributed by atoms with Crippen LogP contribution in [-0.4, -0.2) is 10.8 Å². The SMILES string of the molecule is O=C(Cc1ccc(Br)cc1)C(F)(F)c1csc(Cl)n1. The molecule has 0 saturated heterocycles. The molecule has 19 heavy (non-hydrogen) atoms. The van der Waals surface area contributed by atoms with Crippen LogP contribution in [0.15, 0.2) is 34.1 Å². The minimum atomic E-state index is -3.61. The van der Waals surface area contributed by atoms with Gasteiger partial charge >= 0.3 is 5.92 Å². The highest BCUT2D eigenvalue weighted by Gasteiger charge is 2.42. The first-order valence-electron chi connectivity index (χ1n) is 5.16. The minimum absolute atomic E-state index is 0.00823. The number of alkyl halides is 2. The van der Waals surface area contributed by atoms with E-state index in [0.717, 1.165) is 21.2 Å². The Kier molecular flexibility index (Phi) is 4.32. The molecule has 2 rings (SSSR count). The zero-order valence-corrected chi connectivity index (χ0v) is 12.5. The van der Waals surface area contributed by atoms with Crippen molar-refractivity contribution in [2.45, 2.75) is 12.3 Å². The second kappa shape index (κ2) is 5.64. The van der Waals surface area contributed by atoms with Crippen molar-refractivity contribution in [3.8, 4) is 0 Å². The fourth-order valence-electron chi connectivity index (χ4n) is 1.44. The number of Topliss-reactive ketones (excluding diaryl/α,β-unsaturated/α-hetero) is 1. The lowest BCUT2D eigenvalue weighted by Crippen LogP contribution is -2.28. The molecule has 0 N–H and O–H groups in total. The van der Waals surface area contributed by atoms with Crippen molar-refractivity contribution in [3.63, 3.8) is 0 Å². The average molecular weight is 367 g/mol. The lowest BCUT2D eigenvalue weighted by atomic mass is 10.0. The first-order valence-corrected chi connectivity index (χ1v) is 7.21. The van der Waals surface area contributed by atoms with Crippen molar-refractivity contribution in [2.24, 2.45) is 0 Å². The van der Waals surface area contributed by atoms with E-state index in [0.29, 0.717) is 5.56 Å². The summed E-state index contributed by atoms with van der Waals surface area (Å²) in [4.78, 5) is 15.2. The zero-order chi connectivity index (χ0) is 14.0. The normalized spacial score (nSPS) is 11.6. The molecule has 2 nitrogen and oxygen atoms in total. The summed E-state index contributed by atoms with van der Waals surface area (Å²) in [5.41, 5.74) is -0.0705. The number of benzene rings is 1. The van der Waals surface area contributed by atoms with Crippen molar-refractivity contribution in [2.75, 3.05) is 0 Å². The van der Waals surface area contributed by atoms with E-state index in [9.17, 15) is 13.6 Å². The van der Waals surface area contributed by atoms with Crippen LogP contribution in [0.5, 0.6) is 0 Å². The number of thiazole rings is 1. The third-order valence-electron chi connectivity index (χ3n) is 2.43. The molecule has 1 heterocycles. The van der Waals surface area contributed by atoms with Gasteiger partial charge in [-0.15, -0.1) is 11.3 Å². The largest absolute Gasteiger partial charge is 0.348 e. The fraction of sp³-hybridized carbons (Fsp3) is 0.167. The Hall–Kier alpha value is -0.850. The monoisotopic (exact) mass is 365 g/mol. The van der Waals surface area contributed by atoms with Gasteiger partial charge in [-0.2, -0.15) is 8.78 Å². The van der Waals surface area contributed by atoms with Gasteiger partial charge in [0.2, 0.25) is 5.78 Å². The minimum Gasteiger partial charge on any atom is -0.292 e. The topological polar surface area (TPSA) is 30.0 Å². The Balaban J connectivity index is 2.17. The van der Waals surface area contributed by atoms with Gasteiger partial charge in [-0.05, 0) is 17.7 Å². The molecule has 0 unspecified atom stereocenters. The van der Waals surface area contributed by atoms with Crippen LogP contribution >= 0.6 is 38.9 Å². The maximum Gasteiger partial charge on any atom is 0.348 e. The molecule has 0 aliphatic carbocycles. The van der Waals surface area contributed by atoms with Gasteiger partial charge in [-0.25, -0.2) is 4.98 Å². The first kappa shape index (κ1) is 14.6. The average Bonchev–Trinajstić information content (AvgIpc) is 2.79. The van der Waals surface area contributed by atoms with Crippen LogP contribution < -0.4 is 0 Å². The molecule has 7 heteroatoms. The number of nitrogens with zero attached hydrogens (tertiary/aromatic N) is 1. The van der Waals surface area contributed by atoms with Crippen molar-refractivity contribution >= 4 is 44.7 Å². The molecule has 1 aromatic heterocycles. The standard InChI is InChI=1S/C12H7BrClF2NOS/c13-8-3-1-7(2-4-8)5-10(18)12(15,16)9-6-19-11(14)17-9/h1-4,6H,5H2. The number of carbonyl (C=O) groups excluding carboxylic acids is 1. The summed E-state index contributed by atoms with van der Waals surface area (Å²) < 4.78 is 28.5. The van der Waals surface area contributed by atoms with Gasteiger partial charge in [0.1, 0.15) is 5.69 Å². The number of aromatic nitrogens is 1. The number of ketones is 1. The van der Waals surface area contributed by atoms with E-state index in [-0.39, 0.29) is 10.9 Å². The van der Waals surface area contributed by atoms with Crippen LogP contribution in [0.25, 0.3) is 0 Å². The maximum absolute atomic E-state index is 13.9. The summed E-state index contributed by atoms with van der Waals surface area (Å²) in [6.07, 6.45) is -0.352. The number of carbonyl (C=O) groups is 1. The second-order valence-electron chi connectivity index (χ2n) is 3.79. The molecule has 0 atom stereocenters. The maximum atomic E-state index is 13.9. The molecule has 1 aromatic carbocycles. The molecular weight excluding hydrogens is 360 g/mol.